The maximum atomic E-state index is 13.0. The number of amides is 1. The molecule has 144 valence electrons. The van der Waals surface area contributed by atoms with E-state index in [1.54, 1.807) is 4.40 Å². The first kappa shape index (κ1) is 17.2. The zero-order valence-corrected chi connectivity index (χ0v) is 15.9. The van der Waals surface area contributed by atoms with Gasteiger partial charge in [0.25, 0.3) is 0 Å². The third kappa shape index (κ3) is 2.65. The van der Waals surface area contributed by atoms with Crippen LogP contribution in [0.1, 0.15) is 17.5 Å². The number of nitrogens with one attached hydrogen (secondary N) is 1. The van der Waals surface area contributed by atoms with E-state index in [1.807, 2.05) is 50.3 Å². The zero-order chi connectivity index (χ0) is 19.4. The lowest BCUT2D eigenvalue weighted by atomic mass is 9.93. The third-order valence-corrected chi connectivity index (χ3v) is 5.68. The molecule has 1 N–H and O–H groups in total. The predicted octanol–water partition coefficient (Wildman–Crippen LogP) is 1.73. The Kier molecular flexibility index (Phi) is 3.87. The van der Waals surface area contributed by atoms with E-state index in [0.29, 0.717) is 18.7 Å². The second-order valence-electron chi connectivity index (χ2n) is 7.71. The standard InChI is InChI=1S/C21H22N4O3/c1-12-3-4-14-10-13(2)19-23-24(21(27)25(19)17(14)9-12)8-7-22-20(26)16-11-15-5-6-18(16)28-15/h3-6,9-10,15-16,18H,7-8,11H2,1-2H3,(H,22,26). The lowest BCUT2D eigenvalue weighted by molar-refractivity contribution is -0.125. The highest BCUT2D eigenvalue weighted by atomic mass is 16.5. The first-order valence-electron chi connectivity index (χ1n) is 9.62. The number of hydrogen-bond acceptors (Lipinski definition) is 4. The van der Waals surface area contributed by atoms with Crippen molar-refractivity contribution in [1.29, 1.82) is 0 Å². The number of carbonyl (C=O) groups excluding carboxylic acids is 1. The highest BCUT2D eigenvalue weighted by Crippen LogP contribution is 2.33. The van der Waals surface area contributed by atoms with E-state index >= 15 is 0 Å². The number of aromatic nitrogens is 3. The number of pyridine rings is 1. The van der Waals surface area contributed by atoms with E-state index in [2.05, 4.69) is 10.4 Å². The van der Waals surface area contributed by atoms with Crippen molar-refractivity contribution in [3.63, 3.8) is 0 Å². The average molecular weight is 378 g/mol. The fourth-order valence-electron chi connectivity index (χ4n) is 4.24. The fraction of sp³-hybridized carbons (Fsp3) is 0.381. The highest BCUT2D eigenvalue weighted by Gasteiger charge is 2.40. The molecule has 0 aliphatic carbocycles. The number of benzene rings is 1. The van der Waals surface area contributed by atoms with Gasteiger partial charge in [0.15, 0.2) is 5.65 Å². The molecule has 0 saturated carbocycles. The highest BCUT2D eigenvalue weighted by molar-refractivity contribution is 5.84. The van der Waals surface area contributed by atoms with Crippen molar-refractivity contribution in [1.82, 2.24) is 19.5 Å². The quantitative estimate of drug-likeness (QED) is 0.702. The number of carbonyl (C=O) groups is 1. The molecule has 1 saturated heterocycles. The van der Waals surface area contributed by atoms with E-state index in [9.17, 15) is 9.59 Å². The molecule has 4 heterocycles. The van der Waals surface area contributed by atoms with E-state index in [1.165, 1.54) is 4.68 Å². The Bertz CT molecular complexity index is 1190. The van der Waals surface area contributed by atoms with Crippen LogP contribution in [-0.4, -0.2) is 38.8 Å². The third-order valence-electron chi connectivity index (χ3n) is 5.68. The molecular weight excluding hydrogens is 356 g/mol. The first-order chi connectivity index (χ1) is 13.5. The Morgan fingerprint density at radius 1 is 1.29 bits per heavy atom. The van der Waals surface area contributed by atoms with Crippen molar-refractivity contribution >= 4 is 22.5 Å². The number of aryl methyl sites for hydroxylation is 2. The molecule has 28 heavy (non-hydrogen) atoms. The van der Waals surface area contributed by atoms with Crippen molar-refractivity contribution in [3.8, 4) is 0 Å². The first-order valence-corrected chi connectivity index (χ1v) is 9.62. The van der Waals surface area contributed by atoms with Gasteiger partial charge in [-0.2, -0.15) is 0 Å². The van der Waals surface area contributed by atoms with E-state index < -0.39 is 0 Å². The van der Waals surface area contributed by atoms with Crippen molar-refractivity contribution < 1.29 is 9.53 Å². The number of nitrogens with zero attached hydrogens (tertiary/aromatic N) is 3. The summed E-state index contributed by atoms with van der Waals surface area (Å²) in [5.74, 6) is -0.159. The summed E-state index contributed by atoms with van der Waals surface area (Å²) in [5.41, 5.74) is 3.36. The molecule has 3 aromatic rings. The van der Waals surface area contributed by atoms with Gasteiger partial charge in [-0.25, -0.2) is 13.9 Å². The summed E-state index contributed by atoms with van der Waals surface area (Å²) in [4.78, 5) is 25.4. The monoisotopic (exact) mass is 378 g/mol. The van der Waals surface area contributed by atoms with Gasteiger partial charge >= 0.3 is 5.69 Å². The molecular formula is C21H22N4O3. The van der Waals surface area contributed by atoms with Gasteiger partial charge in [0, 0.05) is 6.54 Å². The van der Waals surface area contributed by atoms with Crippen LogP contribution in [0.15, 0.2) is 41.2 Å². The molecule has 2 aromatic heterocycles. The molecule has 5 rings (SSSR count). The van der Waals surface area contributed by atoms with Gasteiger partial charge in [-0.15, -0.1) is 5.10 Å². The van der Waals surface area contributed by atoms with Crippen LogP contribution in [0.4, 0.5) is 0 Å². The fourth-order valence-corrected chi connectivity index (χ4v) is 4.24. The number of hydrogen-bond donors (Lipinski definition) is 1. The summed E-state index contributed by atoms with van der Waals surface area (Å²) in [6.45, 7) is 4.65. The largest absolute Gasteiger partial charge is 0.366 e. The minimum Gasteiger partial charge on any atom is -0.366 e. The van der Waals surface area contributed by atoms with Crippen molar-refractivity contribution in [3.05, 3.63) is 58.0 Å². The molecule has 1 amide bonds. The molecule has 0 radical (unpaired) electrons. The summed E-state index contributed by atoms with van der Waals surface area (Å²) in [6.07, 6.45) is 4.66. The van der Waals surface area contributed by atoms with Crippen LogP contribution in [0, 0.1) is 19.8 Å². The van der Waals surface area contributed by atoms with Gasteiger partial charge in [0.1, 0.15) is 0 Å². The van der Waals surface area contributed by atoms with Crippen LogP contribution in [0.2, 0.25) is 0 Å². The molecule has 3 atom stereocenters. The van der Waals surface area contributed by atoms with Crippen molar-refractivity contribution in [2.24, 2.45) is 5.92 Å². The number of rotatable bonds is 4. The van der Waals surface area contributed by atoms with Crippen LogP contribution < -0.4 is 11.0 Å². The minimum absolute atomic E-state index is 0.0223. The van der Waals surface area contributed by atoms with E-state index in [4.69, 9.17) is 4.74 Å². The molecule has 2 aliphatic rings. The van der Waals surface area contributed by atoms with Crippen LogP contribution in [0.5, 0.6) is 0 Å². The summed E-state index contributed by atoms with van der Waals surface area (Å²) in [5, 5.41) is 8.44. The number of ether oxygens (including phenoxy) is 1. The predicted molar refractivity (Wildman–Crippen MR) is 105 cm³/mol. The number of fused-ring (bicyclic) bond motifs is 5. The molecule has 1 fully saturated rings. The molecule has 0 spiro atoms. The van der Waals surface area contributed by atoms with Crippen LogP contribution in [-0.2, 0) is 16.1 Å². The van der Waals surface area contributed by atoms with Crippen LogP contribution >= 0.6 is 0 Å². The van der Waals surface area contributed by atoms with Crippen LogP contribution in [0.25, 0.3) is 16.6 Å². The Hall–Kier alpha value is -2.93. The smallest absolute Gasteiger partial charge is 0.350 e. The maximum Gasteiger partial charge on any atom is 0.350 e. The van der Waals surface area contributed by atoms with Crippen LogP contribution in [0.3, 0.4) is 0 Å². The summed E-state index contributed by atoms with van der Waals surface area (Å²) in [7, 11) is 0. The van der Waals surface area contributed by atoms with Gasteiger partial charge in [-0.05, 0) is 48.9 Å². The normalized spacial score (nSPS) is 23.1. The Morgan fingerprint density at radius 3 is 2.89 bits per heavy atom. The van der Waals surface area contributed by atoms with Gasteiger partial charge in [-0.3, -0.25) is 4.79 Å². The molecule has 3 unspecified atom stereocenters. The Morgan fingerprint density at radius 2 is 2.14 bits per heavy atom. The summed E-state index contributed by atoms with van der Waals surface area (Å²) >= 11 is 0. The van der Waals surface area contributed by atoms with E-state index in [-0.39, 0.29) is 29.7 Å². The second kappa shape index (κ2) is 6.31. The molecule has 7 nitrogen and oxygen atoms in total. The Labute approximate surface area is 161 Å². The van der Waals surface area contributed by atoms with Crippen molar-refractivity contribution in [2.45, 2.75) is 39.0 Å². The molecule has 7 heteroatoms. The van der Waals surface area contributed by atoms with E-state index in [0.717, 1.165) is 28.5 Å². The van der Waals surface area contributed by atoms with Gasteiger partial charge in [-0.1, -0.05) is 24.3 Å². The maximum absolute atomic E-state index is 13.0. The average Bonchev–Trinajstić information content (AvgIpc) is 3.38. The lowest BCUT2D eigenvalue weighted by Gasteiger charge is -2.14. The van der Waals surface area contributed by atoms with Gasteiger partial charge in [0.2, 0.25) is 5.91 Å². The minimum atomic E-state index is -0.185. The molecule has 1 aromatic carbocycles. The van der Waals surface area contributed by atoms with Gasteiger partial charge < -0.3 is 10.1 Å². The van der Waals surface area contributed by atoms with Gasteiger partial charge in [0.05, 0.1) is 30.2 Å². The summed E-state index contributed by atoms with van der Waals surface area (Å²) in [6, 6.07) is 8.10. The topological polar surface area (TPSA) is 77.6 Å². The Balaban J connectivity index is 1.38. The second-order valence-corrected chi connectivity index (χ2v) is 7.71. The molecule has 2 aliphatic heterocycles. The summed E-state index contributed by atoms with van der Waals surface area (Å²) < 4.78 is 8.74. The molecule has 2 bridgehead atoms. The zero-order valence-electron chi connectivity index (χ0n) is 15.9. The van der Waals surface area contributed by atoms with Crippen molar-refractivity contribution in [2.75, 3.05) is 6.54 Å². The lowest BCUT2D eigenvalue weighted by Crippen LogP contribution is -2.37. The SMILES string of the molecule is Cc1ccc2cc(C)c3nn(CCNC(=O)C4CC5C=CC4O5)c(=O)n3c2c1.